The fraction of sp³-hybridized carbons (Fsp3) is 0.500. The first-order chi connectivity index (χ1) is 8.55. The SMILES string of the molecule is CCC(=Cc1cccc2c1OC(C)(C)C2)CNC. The third-order valence-corrected chi connectivity index (χ3v) is 3.34. The monoisotopic (exact) mass is 245 g/mol. The molecule has 18 heavy (non-hydrogen) atoms. The van der Waals surface area contributed by atoms with Crippen LogP contribution in [0.25, 0.3) is 6.08 Å². The molecule has 0 amide bonds. The molecule has 0 saturated carbocycles. The van der Waals surface area contributed by atoms with Gasteiger partial charge in [0.1, 0.15) is 11.4 Å². The summed E-state index contributed by atoms with van der Waals surface area (Å²) in [5.41, 5.74) is 3.87. The number of para-hydroxylation sites is 1. The second-order valence-electron chi connectivity index (χ2n) is 5.56. The summed E-state index contributed by atoms with van der Waals surface area (Å²) in [7, 11) is 1.98. The van der Waals surface area contributed by atoms with Gasteiger partial charge in [0.05, 0.1) is 0 Å². The van der Waals surface area contributed by atoms with Crippen LogP contribution in [0.3, 0.4) is 0 Å². The maximum Gasteiger partial charge on any atom is 0.130 e. The molecule has 2 heteroatoms. The smallest absolute Gasteiger partial charge is 0.130 e. The Morgan fingerprint density at radius 1 is 1.44 bits per heavy atom. The largest absolute Gasteiger partial charge is 0.487 e. The summed E-state index contributed by atoms with van der Waals surface area (Å²) in [5, 5.41) is 3.21. The van der Waals surface area contributed by atoms with Gasteiger partial charge in [-0.15, -0.1) is 0 Å². The normalized spacial score (nSPS) is 17.4. The quantitative estimate of drug-likeness (QED) is 0.877. The van der Waals surface area contributed by atoms with Crippen molar-refractivity contribution in [3.8, 4) is 5.75 Å². The predicted molar refractivity (Wildman–Crippen MR) is 77.0 cm³/mol. The highest BCUT2D eigenvalue weighted by Gasteiger charge is 2.31. The highest BCUT2D eigenvalue weighted by atomic mass is 16.5. The number of hydrogen-bond acceptors (Lipinski definition) is 2. The zero-order valence-electron chi connectivity index (χ0n) is 11.8. The van der Waals surface area contributed by atoms with Crippen LogP contribution in [0.5, 0.6) is 5.75 Å². The highest BCUT2D eigenvalue weighted by molar-refractivity contribution is 5.63. The minimum atomic E-state index is -0.0678. The number of ether oxygens (including phenoxy) is 1. The van der Waals surface area contributed by atoms with E-state index in [1.165, 1.54) is 16.7 Å². The molecule has 1 aliphatic rings. The van der Waals surface area contributed by atoms with Gasteiger partial charge in [-0.05, 0) is 32.9 Å². The third-order valence-electron chi connectivity index (χ3n) is 3.34. The van der Waals surface area contributed by atoms with Gasteiger partial charge in [-0.3, -0.25) is 0 Å². The second kappa shape index (κ2) is 5.15. The van der Waals surface area contributed by atoms with E-state index in [1.807, 2.05) is 7.05 Å². The van der Waals surface area contributed by atoms with Crippen LogP contribution in [0.4, 0.5) is 0 Å². The number of rotatable bonds is 4. The maximum absolute atomic E-state index is 6.08. The molecule has 1 aromatic rings. The molecule has 0 bridgehead atoms. The first kappa shape index (κ1) is 13.2. The standard InChI is InChI=1S/C16H23NO/c1-5-12(11-17-4)9-13-7-6-8-14-10-16(2,3)18-15(13)14/h6-9,17H,5,10-11H2,1-4H3. The van der Waals surface area contributed by atoms with E-state index in [1.54, 1.807) is 0 Å². The summed E-state index contributed by atoms with van der Waals surface area (Å²) < 4.78 is 6.08. The van der Waals surface area contributed by atoms with Gasteiger partial charge in [0, 0.05) is 18.5 Å². The van der Waals surface area contributed by atoms with Gasteiger partial charge < -0.3 is 10.1 Å². The zero-order chi connectivity index (χ0) is 13.2. The van der Waals surface area contributed by atoms with E-state index in [0.717, 1.165) is 25.1 Å². The van der Waals surface area contributed by atoms with E-state index in [9.17, 15) is 0 Å². The van der Waals surface area contributed by atoms with E-state index < -0.39 is 0 Å². The van der Waals surface area contributed by atoms with Crippen molar-refractivity contribution in [2.24, 2.45) is 0 Å². The van der Waals surface area contributed by atoms with Crippen LogP contribution in [-0.4, -0.2) is 19.2 Å². The summed E-state index contributed by atoms with van der Waals surface area (Å²) in [6, 6.07) is 6.44. The molecular weight excluding hydrogens is 222 g/mol. The molecule has 1 aliphatic heterocycles. The lowest BCUT2D eigenvalue weighted by Crippen LogP contribution is -2.24. The molecular formula is C16H23NO. The molecule has 0 aliphatic carbocycles. The van der Waals surface area contributed by atoms with Crippen molar-refractivity contribution in [3.05, 3.63) is 34.9 Å². The number of nitrogens with one attached hydrogen (secondary N) is 1. The van der Waals surface area contributed by atoms with Crippen molar-refractivity contribution in [2.75, 3.05) is 13.6 Å². The summed E-state index contributed by atoms with van der Waals surface area (Å²) >= 11 is 0. The Morgan fingerprint density at radius 3 is 2.89 bits per heavy atom. The molecule has 0 spiro atoms. The van der Waals surface area contributed by atoms with Gasteiger partial charge in [0.2, 0.25) is 0 Å². The van der Waals surface area contributed by atoms with Crippen molar-refractivity contribution < 1.29 is 4.74 Å². The van der Waals surface area contributed by atoms with Crippen molar-refractivity contribution in [3.63, 3.8) is 0 Å². The van der Waals surface area contributed by atoms with Gasteiger partial charge in [-0.25, -0.2) is 0 Å². The Kier molecular flexibility index (Phi) is 3.76. The average Bonchev–Trinajstić information content (AvgIpc) is 2.63. The second-order valence-corrected chi connectivity index (χ2v) is 5.56. The van der Waals surface area contributed by atoms with Crippen molar-refractivity contribution in [1.29, 1.82) is 0 Å². The molecule has 0 aromatic heterocycles. The number of hydrogen-bond donors (Lipinski definition) is 1. The minimum Gasteiger partial charge on any atom is -0.487 e. The van der Waals surface area contributed by atoms with E-state index in [-0.39, 0.29) is 5.60 Å². The minimum absolute atomic E-state index is 0.0678. The van der Waals surface area contributed by atoms with Crippen molar-refractivity contribution in [1.82, 2.24) is 5.32 Å². The first-order valence-electron chi connectivity index (χ1n) is 6.70. The molecule has 1 heterocycles. The highest BCUT2D eigenvalue weighted by Crippen LogP contribution is 2.38. The van der Waals surface area contributed by atoms with E-state index in [2.05, 4.69) is 50.4 Å². The Labute approximate surface area is 110 Å². The first-order valence-corrected chi connectivity index (χ1v) is 6.70. The molecule has 0 saturated heterocycles. The zero-order valence-corrected chi connectivity index (χ0v) is 11.8. The van der Waals surface area contributed by atoms with Gasteiger partial charge in [0.25, 0.3) is 0 Å². The fourth-order valence-corrected chi connectivity index (χ4v) is 2.48. The van der Waals surface area contributed by atoms with Crippen LogP contribution in [0, 0.1) is 0 Å². The molecule has 0 fully saturated rings. The van der Waals surface area contributed by atoms with Crippen LogP contribution in [0.15, 0.2) is 23.8 Å². The van der Waals surface area contributed by atoms with Gasteiger partial charge in [0.15, 0.2) is 0 Å². The van der Waals surface area contributed by atoms with Crippen molar-refractivity contribution in [2.45, 2.75) is 39.2 Å². The summed E-state index contributed by atoms with van der Waals surface area (Å²) in [4.78, 5) is 0. The summed E-state index contributed by atoms with van der Waals surface area (Å²) in [5.74, 6) is 1.07. The molecule has 0 radical (unpaired) electrons. The van der Waals surface area contributed by atoms with Crippen LogP contribution < -0.4 is 10.1 Å². The molecule has 2 rings (SSSR count). The fourth-order valence-electron chi connectivity index (χ4n) is 2.48. The van der Waals surface area contributed by atoms with Crippen LogP contribution >= 0.6 is 0 Å². The Hall–Kier alpha value is -1.28. The Bertz CT molecular complexity index is 460. The number of likely N-dealkylation sites (N-methyl/N-ethyl adjacent to an activating group) is 1. The lowest BCUT2D eigenvalue weighted by atomic mass is 9.99. The Balaban J connectivity index is 2.34. The number of fused-ring (bicyclic) bond motifs is 1. The maximum atomic E-state index is 6.08. The molecule has 2 nitrogen and oxygen atoms in total. The third kappa shape index (κ3) is 2.75. The molecule has 1 N–H and O–H groups in total. The average molecular weight is 245 g/mol. The molecule has 0 atom stereocenters. The number of benzene rings is 1. The van der Waals surface area contributed by atoms with Crippen LogP contribution in [0.2, 0.25) is 0 Å². The molecule has 98 valence electrons. The molecule has 0 unspecified atom stereocenters. The van der Waals surface area contributed by atoms with Crippen LogP contribution in [-0.2, 0) is 6.42 Å². The predicted octanol–water partition coefficient (Wildman–Crippen LogP) is 3.41. The molecule has 1 aromatic carbocycles. The van der Waals surface area contributed by atoms with E-state index in [4.69, 9.17) is 4.74 Å². The Morgan fingerprint density at radius 2 is 2.22 bits per heavy atom. The lowest BCUT2D eigenvalue weighted by Gasteiger charge is -2.18. The summed E-state index contributed by atoms with van der Waals surface area (Å²) in [6.45, 7) is 7.42. The summed E-state index contributed by atoms with van der Waals surface area (Å²) in [6.07, 6.45) is 4.32. The van der Waals surface area contributed by atoms with Gasteiger partial charge in [-0.1, -0.05) is 36.8 Å². The van der Waals surface area contributed by atoms with E-state index >= 15 is 0 Å². The topological polar surface area (TPSA) is 21.3 Å². The van der Waals surface area contributed by atoms with Crippen LogP contribution in [0.1, 0.15) is 38.3 Å². The van der Waals surface area contributed by atoms with Crippen molar-refractivity contribution >= 4 is 6.08 Å². The lowest BCUT2D eigenvalue weighted by molar-refractivity contribution is 0.138. The van der Waals surface area contributed by atoms with E-state index in [0.29, 0.717) is 0 Å². The van der Waals surface area contributed by atoms with Gasteiger partial charge in [-0.2, -0.15) is 0 Å². The van der Waals surface area contributed by atoms with Gasteiger partial charge >= 0.3 is 0 Å².